The minimum absolute atomic E-state index is 0. The summed E-state index contributed by atoms with van der Waals surface area (Å²) < 4.78 is 0. The Morgan fingerprint density at radius 1 is 1.00 bits per heavy atom. The van der Waals surface area contributed by atoms with Crippen LogP contribution in [0, 0.1) is 0 Å². The SMILES string of the molecule is [Rb+].[Rb+].[Se-][Se][Se-]. The fourth-order valence-corrected chi connectivity index (χ4v) is 0. The van der Waals surface area contributed by atoms with E-state index < -0.39 is 0 Å². The van der Waals surface area contributed by atoms with Crippen LogP contribution in [0.3, 0.4) is 0 Å². The summed E-state index contributed by atoms with van der Waals surface area (Å²) in [7, 11) is 0. The topological polar surface area (TPSA) is 0 Å². The molecule has 0 aromatic heterocycles. The third-order valence-corrected chi connectivity index (χ3v) is 0. The Morgan fingerprint density at radius 3 is 1.00 bits per heavy atom. The first kappa shape index (κ1) is 16.6. The van der Waals surface area contributed by atoms with Crippen molar-refractivity contribution in [2.45, 2.75) is 0 Å². The zero-order chi connectivity index (χ0) is 2.71. The van der Waals surface area contributed by atoms with E-state index in [2.05, 4.69) is 28.4 Å². The van der Waals surface area contributed by atoms with E-state index in [9.17, 15) is 0 Å². The predicted octanol–water partition coefficient (Wildman–Crippen LogP) is -7.13. The first-order valence-corrected chi connectivity index (χ1v) is 9.00. The third kappa shape index (κ3) is 17.6. The van der Waals surface area contributed by atoms with Crippen molar-refractivity contribution in [1.82, 2.24) is 0 Å². The molecule has 0 N–H and O–H groups in total. The van der Waals surface area contributed by atoms with Gasteiger partial charge in [0.25, 0.3) is 0 Å². The fraction of sp³-hybridized carbons (Fsp3) is 0. The third-order valence-electron chi connectivity index (χ3n) is 0. The normalized spacial score (nSPS) is 3.60. The van der Waals surface area contributed by atoms with E-state index in [4.69, 9.17) is 0 Å². The van der Waals surface area contributed by atoms with Crippen LogP contribution < -0.4 is 116 Å². The first-order chi connectivity index (χ1) is 1.41. The Labute approximate surface area is 150 Å². The summed E-state index contributed by atoms with van der Waals surface area (Å²) in [6.45, 7) is 0. The molecule has 0 aromatic rings. The van der Waals surface area contributed by atoms with Gasteiger partial charge in [-0.2, -0.15) is 0 Å². The summed E-state index contributed by atoms with van der Waals surface area (Å²) in [5.74, 6) is 0. The van der Waals surface area contributed by atoms with Crippen LogP contribution in [0.2, 0.25) is 0 Å². The maximum atomic E-state index is 2.81. The van der Waals surface area contributed by atoms with Crippen LogP contribution in [0.5, 0.6) is 0 Å². The van der Waals surface area contributed by atoms with E-state index in [1.54, 1.807) is 0 Å². The van der Waals surface area contributed by atoms with Gasteiger partial charge in [0.1, 0.15) is 0 Å². The predicted molar refractivity (Wildman–Crippen MR) is 17.3 cm³/mol. The van der Waals surface area contributed by atoms with Gasteiger partial charge in [0.15, 0.2) is 0 Å². The maximum absolute atomic E-state index is 2.81. The number of hydrogen-bond acceptors (Lipinski definition) is 0. The molecule has 0 nitrogen and oxygen atoms in total. The summed E-state index contributed by atoms with van der Waals surface area (Å²) in [4.78, 5) is 0. The molecule has 0 aliphatic rings. The van der Waals surface area contributed by atoms with Crippen molar-refractivity contribution in [2.75, 3.05) is 0 Å². The van der Waals surface area contributed by atoms with Gasteiger partial charge in [-0.25, -0.2) is 0 Å². The molecular formula is Rb2Se3. The molecule has 0 amide bonds. The van der Waals surface area contributed by atoms with Crippen molar-refractivity contribution in [2.24, 2.45) is 0 Å². The van der Waals surface area contributed by atoms with Gasteiger partial charge in [-0.3, -0.25) is 0 Å². The van der Waals surface area contributed by atoms with Crippen molar-refractivity contribution < 1.29 is 116 Å². The van der Waals surface area contributed by atoms with Crippen LogP contribution in [0.4, 0.5) is 0 Å². The molecule has 0 radical (unpaired) electrons. The molecule has 0 aliphatic heterocycles. The van der Waals surface area contributed by atoms with Gasteiger partial charge < -0.3 is 0 Å². The monoisotopic (exact) mass is 410 g/mol. The van der Waals surface area contributed by atoms with Crippen molar-refractivity contribution in [1.29, 1.82) is 0 Å². The van der Waals surface area contributed by atoms with Crippen LogP contribution in [0.1, 0.15) is 0 Å². The molecule has 0 spiro atoms. The summed E-state index contributed by atoms with van der Waals surface area (Å²) in [5.41, 5.74) is 0. The van der Waals surface area contributed by atoms with Crippen LogP contribution >= 0.6 is 0 Å². The Bertz CT molecular complexity index is 4.85. The number of hydrogen-bond donors (Lipinski definition) is 0. The Morgan fingerprint density at radius 2 is 1.00 bits per heavy atom. The Kier molecular flexibility index (Phi) is 53.5. The van der Waals surface area contributed by atoms with Gasteiger partial charge >= 0.3 is 156 Å². The van der Waals surface area contributed by atoms with Gasteiger partial charge in [0, 0.05) is 0 Å². The molecule has 0 rings (SSSR count). The first-order valence-electron chi connectivity index (χ1n) is 0.333. The van der Waals surface area contributed by atoms with Gasteiger partial charge in [0.2, 0.25) is 0 Å². The van der Waals surface area contributed by atoms with Crippen LogP contribution in [0.25, 0.3) is 0 Å². The molecular weight excluding hydrogens is 408 g/mol. The zero-order valence-corrected chi connectivity index (χ0v) is 18.2. The van der Waals surface area contributed by atoms with E-state index in [-0.39, 0.29) is 116 Å². The van der Waals surface area contributed by atoms with Crippen molar-refractivity contribution in [3.63, 3.8) is 0 Å². The molecule has 0 saturated carbocycles. The second kappa shape index (κ2) is 16.1. The van der Waals surface area contributed by atoms with Gasteiger partial charge in [0.05, 0.1) is 0 Å². The van der Waals surface area contributed by atoms with E-state index in [1.165, 1.54) is 0 Å². The zero-order valence-electron chi connectivity index (χ0n) is 3.22. The van der Waals surface area contributed by atoms with Crippen molar-refractivity contribution >= 4 is 39.7 Å². The molecule has 0 aliphatic carbocycles. The summed E-state index contributed by atoms with van der Waals surface area (Å²) >= 11 is 6.25. The second-order valence-electron chi connectivity index (χ2n) is 0.0680. The summed E-state index contributed by atoms with van der Waals surface area (Å²) in [5, 5.41) is 0. The molecule has 5 heavy (non-hydrogen) atoms. The summed E-state index contributed by atoms with van der Waals surface area (Å²) in [6, 6.07) is 0. The average Bonchev–Trinajstić information content (AvgIpc) is 0.918. The van der Waals surface area contributed by atoms with Gasteiger partial charge in [-0.1, -0.05) is 0 Å². The second-order valence-corrected chi connectivity index (χ2v) is 9.55. The molecule has 0 saturated heterocycles. The summed E-state index contributed by atoms with van der Waals surface area (Å²) in [6.07, 6.45) is 0. The van der Waals surface area contributed by atoms with E-state index in [1.807, 2.05) is 0 Å². The molecule has 20 valence electrons. The minimum atomic E-state index is 0. The average molecular weight is 408 g/mol. The number of rotatable bonds is 0. The molecule has 0 aromatic carbocycles. The van der Waals surface area contributed by atoms with Crippen LogP contribution in [0.15, 0.2) is 0 Å². The standard InChI is InChI=1S/2Rb.H2Se3/c;;1-3-2/h;;1-2H/q2*+1;/p-2. The quantitative estimate of drug-likeness (QED) is 0.350. The van der Waals surface area contributed by atoms with Gasteiger partial charge in [-0.05, 0) is 0 Å². The molecule has 0 bridgehead atoms. The Hall–Kier alpha value is 5.17. The van der Waals surface area contributed by atoms with E-state index >= 15 is 0 Å². The molecule has 0 fully saturated rings. The van der Waals surface area contributed by atoms with Crippen molar-refractivity contribution in [3.05, 3.63) is 0 Å². The molecule has 0 atom stereocenters. The van der Waals surface area contributed by atoms with E-state index in [0.717, 1.165) is 0 Å². The molecule has 5 heteroatoms. The van der Waals surface area contributed by atoms with Crippen LogP contribution in [-0.4, -0.2) is 39.7 Å². The Balaban J connectivity index is -0.0000000200. The molecule has 0 heterocycles. The molecule has 0 unspecified atom stereocenters. The van der Waals surface area contributed by atoms with Gasteiger partial charge in [-0.15, -0.1) is 0 Å². The van der Waals surface area contributed by atoms with Crippen molar-refractivity contribution in [3.8, 4) is 0 Å². The fourth-order valence-electron chi connectivity index (χ4n) is 0. The van der Waals surface area contributed by atoms with Crippen LogP contribution in [-0.2, 0) is 0 Å². The van der Waals surface area contributed by atoms with E-state index in [0.29, 0.717) is 11.3 Å².